The molecule has 0 saturated carbocycles. The number of carbonyl (C=O) groups excluding carboxylic acids is 1. The first-order chi connectivity index (χ1) is 9.34. The van der Waals surface area contributed by atoms with Crippen LogP contribution in [0, 0.1) is 0 Å². The van der Waals surface area contributed by atoms with Gasteiger partial charge in [-0.25, -0.2) is 9.97 Å². The summed E-state index contributed by atoms with van der Waals surface area (Å²) < 4.78 is 10.7. The lowest BCUT2D eigenvalue weighted by Crippen LogP contribution is -2.43. The molecule has 0 radical (unpaired) electrons. The van der Waals surface area contributed by atoms with Crippen molar-refractivity contribution in [1.82, 2.24) is 14.9 Å². The maximum Gasteiger partial charge on any atom is 0.260 e. The van der Waals surface area contributed by atoms with Crippen molar-refractivity contribution in [2.45, 2.75) is 0 Å². The van der Waals surface area contributed by atoms with E-state index in [4.69, 9.17) is 9.47 Å². The van der Waals surface area contributed by atoms with E-state index in [0.29, 0.717) is 32.2 Å². The second kappa shape index (κ2) is 5.50. The predicted octanol–water partition coefficient (Wildman–Crippen LogP) is 0.929. The number of nitrogens with zero attached hydrogens (tertiary/aromatic N) is 3. The van der Waals surface area contributed by atoms with E-state index in [1.54, 1.807) is 4.90 Å². The number of hydrogen-bond acceptors (Lipinski definition) is 6. The molecule has 0 aliphatic carbocycles. The zero-order chi connectivity index (χ0) is 13.1. The third-order valence-corrected chi connectivity index (χ3v) is 3.74. The second-order valence-electron chi connectivity index (χ2n) is 4.10. The predicted molar refractivity (Wildman–Crippen MR) is 70.3 cm³/mol. The second-order valence-corrected chi connectivity index (χ2v) is 4.99. The lowest BCUT2D eigenvalue weighted by Gasteiger charge is -2.26. The molecule has 1 fully saturated rings. The Morgan fingerprint density at radius 1 is 1.42 bits per heavy atom. The van der Waals surface area contributed by atoms with Crippen LogP contribution in [0.25, 0.3) is 10.2 Å². The summed E-state index contributed by atoms with van der Waals surface area (Å²) in [6, 6.07) is 1.90. The molecule has 1 amide bonds. The van der Waals surface area contributed by atoms with E-state index in [2.05, 4.69) is 9.97 Å². The van der Waals surface area contributed by atoms with E-state index in [9.17, 15) is 4.79 Å². The van der Waals surface area contributed by atoms with Gasteiger partial charge in [-0.3, -0.25) is 4.79 Å². The Kier molecular flexibility index (Phi) is 3.56. The molecule has 3 heterocycles. The van der Waals surface area contributed by atoms with Crippen LogP contribution in [0.15, 0.2) is 17.8 Å². The van der Waals surface area contributed by atoms with Crippen LogP contribution in [0.5, 0.6) is 5.88 Å². The van der Waals surface area contributed by atoms with Crippen LogP contribution in [0.4, 0.5) is 0 Å². The van der Waals surface area contributed by atoms with Gasteiger partial charge in [0.1, 0.15) is 11.2 Å². The number of amides is 1. The summed E-state index contributed by atoms with van der Waals surface area (Å²) in [4.78, 5) is 22.8. The smallest absolute Gasteiger partial charge is 0.260 e. The fourth-order valence-electron chi connectivity index (χ4n) is 1.92. The molecule has 1 saturated heterocycles. The van der Waals surface area contributed by atoms with Crippen LogP contribution in [0.2, 0.25) is 0 Å². The molecule has 3 rings (SSSR count). The van der Waals surface area contributed by atoms with E-state index in [1.807, 2.05) is 11.4 Å². The molecule has 0 atom stereocenters. The molecule has 6 nitrogen and oxygen atoms in total. The van der Waals surface area contributed by atoms with Crippen LogP contribution in [-0.4, -0.2) is 53.7 Å². The van der Waals surface area contributed by atoms with Gasteiger partial charge in [0.05, 0.1) is 18.6 Å². The fourth-order valence-corrected chi connectivity index (χ4v) is 2.64. The maximum absolute atomic E-state index is 12.0. The highest BCUT2D eigenvalue weighted by molar-refractivity contribution is 7.16. The minimum atomic E-state index is -0.0368. The molecule has 1 aliphatic heterocycles. The molecule has 0 N–H and O–H groups in total. The van der Waals surface area contributed by atoms with Crippen molar-refractivity contribution < 1.29 is 14.3 Å². The molecule has 19 heavy (non-hydrogen) atoms. The van der Waals surface area contributed by atoms with Crippen molar-refractivity contribution in [2.75, 3.05) is 32.9 Å². The summed E-state index contributed by atoms with van der Waals surface area (Å²) in [5.74, 6) is 0.429. The molecule has 1 aliphatic rings. The van der Waals surface area contributed by atoms with E-state index in [1.165, 1.54) is 17.7 Å². The van der Waals surface area contributed by atoms with Crippen molar-refractivity contribution in [3.63, 3.8) is 0 Å². The Hall–Kier alpha value is -1.73. The Balaban J connectivity index is 1.65. The molecular formula is C12H13N3O3S. The van der Waals surface area contributed by atoms with Gasteiger partial charge in [-0.15, -0.1) is 11.3 Å². The first kappa shape index (κ1) is 12.3. The third kappa shape index (κ3) is 2.66. The Morgan fingerprint density at radius 3 is 3.11 bits per heavy atom. The first-order valence-electron chi connectivity index (χ1n) is 6.01. The third-order valence-electron chi connectivity index (χ3n) is 2.92. The molecule has 0 aromatic carbocycles. The Bertz CT molecular complexity index is 580. The average Bonchev–Trinajstić information content (AvgIpc) is 2.94. The van der Waals surface area contributed by atoms with E-state index in [0.717, 1.165) is 10.2 Å². The quantitative estimate of drug-likeness (QED) is 0.836. The van der Waals surface area contributed by atoms with Crippen molar-refractivity contribution in [3.8, 4) is 5.88 Å². The van der Waals surface area contributed by atoms with Crippen LogP contribution in [-0.2, 0) is 9.53 Å². The van der Waals surface area contributed by atoms with E-state index < -0.39 is 0 Å². The van der Waals surface area contributed by atoms with Gasteiger partial charge in [0, 0.05) is 13.1 Å². The summed E-state index contributed by atoms with van der Waals surface area (Å²) in [5, 5.41) is 2.78. The summed E-state index contributed by atoms with van der Waals surface area (Å²) in [6.45, 7) is 2.43. The molecule has 0 bridgehead atoms. The minimum absolute atomic E-state index is 0.00194. The van der Waals surface area contributed by atoms with Crippen molar-refractivity contribution in [3.05, 3.63) is 17.8 Å². The lowest BCUT2D eigenvalue weighted by molar-refractivity contribution is -0.137. The van der Waals surface area contributed by atoms with Gasteiger partial charge in [0.15, 0.2) is 6.61 Å². The minimum Gasteiger partial charge on any atom is -0.467 e. The number of morpholine rings is 1. The average molecular weight is 279 g/mol. The number of hydrogen-bond donors (Lipinski definition) is 0. The molecule has 100 valence electrons. The number of thiophene rings is 1. The van der Waals surface area contributed by atoms with E-state index in [-0.39, 0.29) is 12.5 Å². The molecule has 0 spiro atoms. The lowest BCUT2D eigenvalue weighted by atomic mass is 10.4. The number of ether oxygens (including phenoxy) is 2. The first-order valence-corrected chi connectivity index (χ1v) is 6.89. The van der Waals surface area contributed by atoms with Crippen LogP contribution in [0.1, 0.15) is 0 Å². The van der Waals surface area contributed by atoms with Gasteiger partial charge < -0.3 is 14.4 Å². The van der Waals surface area contributed by atoms with Crippen LogP contribution < -0.4 is 4.74 Å². The van der Waals surface area contributed by atoms with Crippen LogP contribution >= 0.6 is 11.3 Å². The SMILES string of the molecule is O=C(COc1ncnc2sccc12)N1CCOCC1. The molecule has 2 aromatic heterocycles. The highest BCUT2D eigenvalue weighted by Crippen LogP contribution is 2.25. The van der Waals surface area contributed by atoms with Crippen molar-refractivity contribution in [2.24, 2.45) is 0 Å². The number of fused-ring (bicyclic) bond motifs is 1. The number of carbonyl (C=O) groups is 1. The van der Waals surface area contributed by atoms with Crippen molar-refractivity contribution in [1.29, 1.82) is 0 Å². The maximum atomic E-state index is 12.0. The van der Waals surface area contributed by atoms with Gasteiger partial charge in [0.2, 0.25) is 5.88 Å². The Labute approximate surface area is 114 Å². The van der Waals surface area contributed by atoms with Gasteiger partial charge in [0.25, 0.3) is 5.91 Å². The fraction of sp³-hybridized carbons (Fsp3) is 0.417. The highest BCUT2D eigenvalue weighted by Gasteiger charge is 2.18. The standard InChI is InChI=1S/C12H13N3O3S/c16-10(15-2-4-17-5-3-15)7-18-11-9-1-6-19-12(9)14-8-13-11/h1,6,8H,2-5,7H2. The van der Waals surface area contributed by atoms with Crippen LogP contribution in [0.3, 0.4) is 0 Å². The monoisotopic (exact) mass is 279 g/mol. The van der Waals surface area contributed by atoms with Gasteiger partial charge in [-0.1, -0.05) is 0 Å². The summed E-state index contributed by atoms with van der Waals surface area (Å²) in [6.07, 6.45) is 1.45. The normalized spacial score (nSPS) is 15.7. The van der Waals surface area contributed by atoms with Gasteiger partial charge >= 0.3 is 0 Å². The molecule has 2 aromatic rings. The molecule has 0 unspecified atom stereocenters. The Morgan fingerprint density at radius 2 is 2.26 bits per heavy atom. The molecular weight excluding hydrogens is 266 g/mol. The summed E-state index contributed by atoms with van der Waals surface area (Å²) in [7, 11) is 0. The largest absolute Gasteiger partial charge is 0.467 e. The van der Waals surface area contributed by atoms with Gasteiger partial charge in [-0.05, 0) is 11.4 Å². The zero-order valence-electron chi connectivity index (χ0n) is 10.2. The van der Waals surface area contributed by atoms with E-state index >= 15 is 0 Å². The summed E-state index contributed by atoms with van der Waals surface area (Å²) >= 11 is 1.52. The topological polar surface area (TPSA) is 64.5 Å². The zero-order valence-corrected chi connectivity index (χ0v) is 11.1. The number of rotatable bonds is 3. The molecule has 7 heteroatoms. The number of aromatic nitrogens is 2. The van der Waals surface area contributed by atoms with Gasteiger partial charge in [-0.2, -0.15) is 0 Å². The van der Waals surface area contributed by atoms with Crippen molar-refractivity contribution >= 4 is 27.5 Å². The summed E-state index contributed by atoms with van der Waals surface area (Å²) in [5.41, 5.74) is 0. The highest BCUT2D eigenvalue weighted by atomic mass is 32.1.